The van der Waals surface area contributed by atoms with Crippen LogP contribution in [0.3, 0.4) is 0 Å². The molecule has 2 N–H and O–H groups in total. The molecule has 0 aliphatic carbocycles. The zero-order valence-electron chi connectivity index (χ0n) is 12.8. The number of hydrogen-bond acceptors (Lipinski definition) is 5. The molecule has 2 aromatic rings. The zero-order valence-corrected chi connectivity index (χ0v) is 12.8. The van der Waals surface area contributed by atoms with E-state index in [0.717, 1.165) is 42.4 Å². The van der Waals surface area contributed by atoms with E-state index in [9.17, 15) is 0 Å². The fourth-order valence-corrected chi connectivity index (χ4v) is 1.80. The maximum atomic E-state index is 5.57. The van der Waals surface area contributed by atoms with Gasteiger partial charge in [0.1, 0.15) is 11.6 Å². The van der Waals surface area contributed by atoms with Crippen LogP contribution in [0.2, 0.25) is 0 Å². The molecule has 0 saturated heterocycles. The second-order valence-corrected chi connectivity index (χ2v) is 4.75. The Morgan fingerprint density at radius 1 is 1.14 bits per heavy atom. The highest BCUT2D eigenvalue weighted by Crippen LogP contribution is 2.21. The van der Waals surface area contributed by atoms with E-state index in [1.165, 1.54) is 0 Å². The van der Waals surface area contributed by atoms with Crippen LogP contribution in [-0.2, 0) is 0 Å². The summed E-state index contributed by atoms with van der Waals surface area (Å²) in [5.74, 6) is 2.33. The van der Waals surface area contributed by atoms with Crippen LogP contribution in [0.4, 0.5) is 17.5 Å². The monoisotopic (exact) mass is 286 g/mol. The number of nitrogens with one attached hydrogen (secondary N) is 2. The molecule has 5 heteroatoms. The van der Waals surface area contributed by atoms with Gasteiger partial charge in [0.25, 0.3) is 0 Å². The molecule has 0 spiro atoms. The predicted molar refractivity (Wildman–Crippen MR) is 86.4 cm³/mol. The van der Waals surface area contributed by atoms with Gasteiger partial charge in [0, 0.05) is 24.0 Å². The largest absolute Gasteiger partial charge is 0.494 e. The van der Waals surface area contributed by atoms with E-state index in [-0.39, 0.29) is 0 Å². The first-order chi connectivity index (χ1) is 10.2. The predicted octanol–water partition coefficient (Wildman–Crippen LogP) is 3.75. The fraction of sp³-hybridized carbons (Fsp3) is 0.375. The molecular formula is C16H22N4O. The fourth-order valence-electron chi connectivity index (χ4n) is 1.80. The van der Waals surface area contributed by atoms with Gasteiger partial charge in [-0.3, -0.25) is 0 Å². The number of anilines is 3. The number of nitrogens with zero attached hydrogens (tertiary/aromatic N) is 2. The van der Waals surface area contributed by atoms with E-state index in [2.05, 4.69) is 27.5 Å². The molecular weight excluding hydrogens is 264 g/mol. The minimum absolute atomic E-state index is 0.633. The zero-order chi connectivity index (χ0) is 15.1. The van der Waals surface area contributed by atoms with Gasteiger partial charge in [-0.1, -0.05) is 6.92 Å². The van der Waals surface area contributed by atoms with Crippen LogP contribution < -0.4 is 15.4 Å². The average molecular weight is 286 g/mol. The molecule has 2 rings (SSSR count). The summed E-state index contributed by atoms with van der Waals surface area (Å²) in [4.78, 5) is 8.70. The van der Waals surface area contributed by atoms with Crippen molar-refractivity contribution in [2.45, 2.75) is 27.2 Å². The van der Waals surface area contributed by atoms with E-state index < -0.39 is 0 Å². The van der Waals surface area contributed by atoms with E-state index in [1.807, 2.05) is 44.3 Å². The maximum Gasteiger partial charge on any atom is 0.224 e. The van der Waals surface area contributed by atoms with Gasteiger partial charge in [-0.05, 0) is 44.5 Å². The first-order valence-electron chi connectivity index (χ1n) is 7.30. The van der Waals surface area contributed by atoms with Gasteiger partial charge < -0.3 is 15.4 Å². The first kappa shape index (κ1) is 15.1. The molecule has 21 heavy (non-hydrogen) atoms. The van der Waals surface area contributed by atoms with Gasteiger partial charge in [-0.2, -0.15) is 4.98 Å². The lowest BCUT2D eigenvalue weighted by Gasteiger charge is -2.11. The summed E-state index contributed by atoms with van der Waals surface area (Å²) < 4.78 is 5.57. The summed E-state index contributed by atoms with van der Waals surface area (Å²) in [6.45, 7) is 7.63. The molecule has 1 aromatic carbocycles. The van der Waals surface area contributed by atoms with Crippen LogP contribution in [0, 0.1) is 6.92 Å². The quantitative estimate of drug-likeness (QED) is 0.811. The number of ether oxygens (including phenoxy) is 1. The van der Waals surface area contributed by atoms with Crippen LogP contribution >= 0.6 is 0 Å². The third-order valence-electron chi connectivity index (χ3n) is 2.90. The number of benzene rings is 1. The highest BCUT2D eigenvalue weighted by atomic mass is 16.5. The molecule has 1 aromatic heterocycles. The van der Waals surface area contributed by atoms with Gasteiger partial charge >= 0.3 is 0 Å². The number of aryl methyl sites for hydroxylation is 1. The van der Waals surface area contributed by atoms with Crippen LogP contribution in [0.15, 0.2) is 30.5 Å². The summed E-state index contributed by atoms with van der Waals surface area (Å²) in [7, 11) is 0. The Kier molecular flexibility index (Phi) is 5.37. The number of hydrogen-bond donors (Lipinski definition) is 2. The summed E-state index contributed by atoms with van der Waals surface area (Å²) in [6, 6.07) is 7.89. The Balaban J connectivity index is 2.08. The normalized spacial score (nSPS) is 10.2. The molecule has 0 atom stereocenters. The maximum absolute atomic E-state index is 5.57. The van der Waals surface area contributed by atoms with Gasteiger partial charge in [-0.15, -0.1) is 0 Å². The molecule has 0 unspecified atom stereocenters. The van der Waals surface area contributed by atoms with Crippen molar-refractivity contribution in [3.63, 3.8) is 0 Å². The molecule has 0 aliphatic heterocycles. The third kappa shape index (κ3) is 4.34. The lowest BCUT2D eigenvalue weighted by Crippen LogP contribution is -2.05. The molecule has 5 nitrogen and oxygen atoms in total. The van der Waals surface area contributed by atoms with Crippen LogP contribution in [0.5, 0.6) is 5.75 Å². The van der Waals surface area contributed by atoms with Crippen molar-refractivity contribution in [2.75, 3.05) is 23.8 Å². The van der Waals surface area contributed by atoms with Gasteiger partial charge in [0.2, 0.25) is 5.95 Å². The standard InChI is InChI=1S/C16H22N4O/c1-4-10-21-14-8-6-13(7-9-14)19-15-12(3)11-18-16(20-15)17-5-2/h6-9,11H,4-5,10H2,1-3H3,(H2,17,18,19,20). The third-order valence-corrected chi connectivity index (χ3v) is 2.90. The highest BCUT2D eigenvalue weighted by molar-refractivity contribution is 5.60. The smallest absolute Gasteiger partial charge is 0.224 e. The Morgan fingerprint density at radius 3 is 2.57 bits per heavy atom. The topological polar surface area (TPSA) is 59.1 Å². The molecule has 0 saturated carbocycles. The van der Waals surface area contributed by atoms with Crippen molar-refractivity contribution < 1.29 is 4.74 Å². The van der Waals surface area contributed by atoms with E-state index in [1.54, 1.807) is 0 Å². The average Bonchev–Trinajstić information content (AvgIpc) is 2.50. The van der Waals surface area contributed by atoms with Crippen LogP contribution in [-0.4, -0.2) is 23.1 Å². The molecule has 1 heterocycles. The van der Waals surface area contributed by atoms with Crippen molar-refractivity contribution in [1.82, 2.24) is 9.97 Å². The molecule has 0 amide bonds. The Hall–Kier alpha value is -2.30. The molecule has 0 radical (unpaired) electrons. The number of rotatable bonds is 7. The van der Waals surface area contributed by atoms with Gasteiger partial charge in [0.15, 0.2) is 0 Å². The molecule has 112 valence electrons. The Bertz CT molecular complexity index is 569. The minimum atomic E-state index is 0.633. The SMILES string of the molecule is CCCOc1ccc(Nc2nc(NCC)ncc2C)cc1. The summed E-state index contributed by atoms with van der Waals surface area (Å²) in [5.41, 5.74) is 1.98. The lowest BCUT2D eigenvalue weighted by molar-refractivity contribution is 0.317. The minimum Gasteiger partial charge on any atom is -0.494 e. The highest BCUT2D eigenvalue weighted by Gasteiger charge is 2.04. The Labute approximate surface area is 125 Å². The van der Waals surface area contributed by atoms with Crippen molar-refractivity contribution in [2.24, 2.45) is 0 Å². The second kappa shape index (κ2) is 7.47. The first-order valence-corrected chi connectivity index (χ1v) is 7.30. The van der Waals surface area contributed by atoms with E-state index in [4.69, 9.17) is 4.74 Å². The van der Waals surface area contributed by atoms with Crippen LogP contribution in [0.1, 0.15) is 25.8 Å². The van der Waals surface area contributed by atoms with Crippen LogP contribution in [0.25, 0.3) is 0 Å². The van der Waals surface area contributed by atoms with E-state index >= 15 is 0 Å². The summed E-state index contributed by atoms with van der Waals surface area (Å²) in [6.07, 6.45) is 2.82. The van der Waals surface area contributed by atoms with Crippen molar-refractivity contribution in [1.29, 1.82) is 0 Å². The molecule has 0 bridgehead atoms. The molecule has 0 fully saturated rings. The van der Waals surface area contributed by atoms with Gasteiger partial charge in [0.05, 0.1) is 6.61 Å². The van der Waals surface area contributed by atoms with Gasteiger partial charge in [-0.25, -0.2) is 4.98 Å². The summed E-state index contributed by atoms with van der Waals surface area (Å²) in [5, 5.41) is 6.42. The van der Waals surface area contributed by atoms with Crippen molar-refractivity contribution in [3.05, 3.63) is 36.0 Å². The molecule has 0 aliphatic rings. The lowest BCUT2D eigenvalue weighted by atomic mass is 10.3. The van der Waals surface area contributed by atoms with E-state index in [0.29, 0.717) is 5.95 Å². The second-order valence-electron chi connectivity index (χ2n) is 4.75. The van der Waals surface area contributed by atoms with Crippen molar-refractivity contribution in [3.8, 4) is 5.75 Å². The van der Waals surface area contributed by atoms with Crippen molar-refractivity contribution >= 4 is 17.5 Å². The summed E-state index contributed by atoms with van der Waals surface area (Å²) >= 11 is 0. The Morgan fingerprint density at radius 2 is 1.90 bits per heavy atom. The number of aromatic nitrogens is 2.